The van der Waals surface area contributed by atoms with Crippen molar-refractivity contribution in [2.75, 3.05) is 25.1 Å². The maximum absolute atomic E-state index is 15.2. The lowest BCUT2D eigenvalue weighted by molar-refractivity contribution is -0.119. The van der Waals surface area contributed by atoms with Crippen LogP contribution in [0.15, 0.2) is 72.9 Å². The number of carbonyl (C=O) groups is 3. The van der Waals surface area contributed by atoms with E-state index in [1.807, 2.05) is 24.3 Å². The summed E-state index contributed by atoms with van der Waals surface area (Å²) in [5, 5.41) is 20.6. The number of nitrogens with one attached hydrogen (secondary N) is 1. The van der Waals surface area contributed by atoms with Crippen molar-refractivity contribution >= 4 is 23.8 Å². The molecule has 0 spiro atoms. The van der Waals surface area contributed by atoms with Crippen LogP contribution in [-0.2, 0) is 29.2 Å². The number of amides is 3. The lowest BCUT2D eigenvalue weighted by Gasteiger charge is -2.20. The van der Waals surface area contributed by atoms with Crippen LogP contribution in [0.5, 0.6) is 5.75 Å². The average Bonchev–Trinajstić information content (AvgIpc) is 3.61. The van der Waals surface area contributed by atoms with Crippen molar-refractivity contribution in [3.63, 3.8) is 0 Å². The topological polar surface area (TPSA) is 139 Å². The van der Waals surface area contributed by atoms with E-state index >= 15 is 4.39 Å². The van der Waals surface area contributed by atoms with Gasteiger partial charge in [0.25, 0.3) is 0 Å². The van der Waals surface area contributed by atoms with E-state index in [0.29, 0.717) is 34.6 Å². The smallest absolute Gasteiger partial charge is 0.414 e. The molecule has 1 aliphatic rings. The molecule has 228 valence electrons. The highest BCUT2D eigenvalue weighted by molar-refractivity contribution is 5.90. The first-order chi connectivity index (χ1) is 21.2. The number of aromatic nitrogens is 3. The SMILES string of the molecule is COc1ccc(Cn2nncc2CN(Cc2ccc(-c3ccc(N4C[C@H](CNC(C)=O)OC4=O)cc3F)cc2)C(=O)O)cc1. The highest BCUT2D eigenvalue weighted by Crippen LogP contribution is 2.29. The van der Waals surface area contributed by atoms with E-state index in [0.717, 1.165) is 11.3 Å². The third kappa shape index (κ3) is 7.12. The molecule has 1 fully saturated rings. The Hall–Kier alpha value is -5.46. The molecule has 0 bridgehead atoms. The number of carboxylic acid groups (broad SMARTS) is 1. The molecule has 2 heterocycles. The number of nitrogens with zero attached hydrogens (tertiary/aromatic N) is 5. The lowest BCUT2D eigenvalue weighted by atomic mass is 10.0. The fourth-order valence-electron chi connectivity index (χ4n) is 4.84. The van der Waals surface area contributed by atoms with Gasteiger partial charge in [0.1, 0.15) is 17.7 Å². The summed E-state index contributed by atoms with van der Waals surface area (Å²) < 4.78 is 27.3. The fraction of sp³-hybridized carbons (Fsp3) is 0.258. The monoisotopic (exact) mass is 602 g/mol. The number of hydrogen-bond donors (Lipinski definition) is 2. The number of halogens is 1. The van der Waals surface area contributed by atoms with E-state index in [9.17, 15) is 19.5 Å². The molecule has 12 nitrogen and oxygen atoms in total. The maximum Gasteiger partial charge on any atom is 0.414 e. The second kappa shape index (κ2) is 13.2. The van der Waals surface area contributed by atoms with Gasteiger partial charge in [0.15, 0.2) is 0 Å². The van der Waals surface area contributed by atoms with Crippen LogP contribution in [-0.4, -0.2) is 69.4 Å². The molecular weight excluding hydrogens is 571 g/mol. The van der Waals surface area contributed by atoms with Gasteiger partial charge in [0.05, 0.1) is 50.9 Å². The minimum Gasteiger partial charge on any atom is -0.497 e. The van der Waals surface area contributed by atoms with Gasteiger partial charge in [-0.2, -0.15) is 0 Å². The zero-order valence-electron chi connectivity index (χ0n) is 24.1. The van der Waals surface area contributed by atoms with Crippen molar-refractivity contribution in [1.29, 1.82) is 0 Å². The minimum absolute atomic E-state index is 0.0704. The van der Waals surface area contributed by atoms with Crippen LogP contribution in [0.2, 0.25) is 0 Å². The number of cyclic esters (lactones) is 1. The van der Waals surface area contributed by atoms with E-state index in [4.69, 9.17) is 9.47 Å². The fourth-order valence-corrected chi connectivity index (χ4v) is 4.84. The number of carbonyl (C=O) groups excluding carboxylic acids is 2. The molecule has 44 heavy (non-hydrogen) atoms. The van der Waals surface area contributed by atoms with E-state index in [-0.39, 0.29) is 32.1 Å². The molecule has 4 aromatic rings. The van der Waals surface area contributed by atoms with Crippen LogP contribution in [0.1, 0.15) is 23.7 Å². The van der Waals surface area contributed by atoms with Crippen LogP contribution in [0, 0.1) is 5.82 Å². The van der Waals surface area contributed by atoms with Gasteiger partial charge in [0.2, 0.25) is 5.91 Å². The van der Waals surface area contributed by atoms with Gasteiger partial charge in [-0.05, 0) is 47.0 Å². The molecule has 0 aliphatic carbocycles. The summed E-state index contributed by atoms with van der Waals surface area (Å²) in [7, 11) is 1.59. The molecule has 1 aromatic heterocycles. The van der Waals surface area contributed by atoms with Gasteiger partial charge >= 0.3 is 12.2 Å². The van der Waals surface area contributed by atoms with Gasteiger partial charge < -0.3 is 19.9 Å². The molecule has 1 aliphatic heterocycles. The van der Waals surface area contributed by atoms with Crippen LogP contribution in [0.25, 0.3) is 11.1 Å². The van der Waals surface area contributed by atoms with Crippen LogP contribution in [0.4, 0.5) is 19.7 Å². The van der Waals surface area contributed by atoms with E-state index < -0.39 is 24.1 Å². The number of benzene rings is 3. The van der Waals surface area contributed by atoms with Crippen LogP contribution >= 0.6 is 0 Å². The third-order valence-corrected chi connectivity index (χ3v) is 7.17. The van der Waals surface area contributed by atoms with Crippen molar-refractivity contribution < 1.29 is 33.4 Å². The van der Waals surface area contributed by atoms with Crippen LogP contribution in [0.3, 0.4) is 0 Å². The molecule has 1 atom stereocenters. The Morgan fingerprint density at radius 3 is 2.48 bits per heavy atom. The van der Waals surface area contributed by atoms with E-state index in [1.165, 1.54) is 22.8 Å². The first-order valence-corrected chi connectivity index (χ1v) is 13.8. The zero-order chi connectivity index (χ0) is 31.2. The van der Waals surface area contributed by atoms with Crippen molar-refractivity contribution in [2.24, 2.45) is 0 Å². The summed E-state index contributed by atoms with van der Waals surface area (Å²) in [6, 6.07) is 18.9. The lowest BCUT2D eigenvalue weighted by Crippen LogP contribution is -2.33. The summed E-state index contributed by atoms with van der Waals surface area (Å²) in [6.45, 7) is 2.32. The average molecular weight is 603 g/mol. The highest BCUT2D eigenvalue weighted by Gasteiger charge is 2.32. The van der Waals surface area contributed by atoms with Gasteiger partial charge in [-0.3, -0.25) is 14.6 Å². The van der Waals surface area contributed by atoms with Gasteiger partial charge in [-0.15, -0.1) is 5.10 Å². The Balaban J connectivity index is 1.23. The van der Waals surface area contributed by atoms with Crippen molar-refractivity contribution in [1.82, 2.24) is 25.2 Å². The summed E-state index contributed by atoms with van der Waals surface area (Å²) in [5.41, 5.74) is 3.57. The summed E-state index contributed by atoms with van der Waals surface area (Å²) >= 11 is 0. The van der Waals surface area contributed by atoms with Gasteiger partial charge in [0, 0.05) is 19.0 Å². The molecule has 1 saturated heterocycles. The van der Waals surface area contributed by atoms with Crippen molar-refractivity contribution in [2.45, 2.75) is 32.7 Å². The molecule has 5 rings (SSSR count). The van der Waals surface area contributed by atoms with Crippen molar-refractivity contribution in [3.05, 3.63) is 95.6 Å². The Morgan fingerprint density at radius 2 is 1.82 bits per heavy atom. The first kappa shape index (κ1) is 30.0. The summed E-state index contributed by atoms with van der Waals surface area (Å²) in [6.07, 6.45) is -0.704. The van der Waals surface area contributed by atoms with E-state index in [1.54, 1.807) is 54.4 Å². The number of ether oxygens (including phenoxy) is 2. The zero-order valence-corrected chi connectivity index (χ0v) is 24.1. The second-order valence-corrected chi connectivity index (χ2v) is 10.3. The molecule has 3 amide bonds. The Bertz CT molecular complexity index is 1640. The van der Waals surface area contributed by atoms with Crippen molar-refractivity contribution in [3.8, 4) is 16.9 Å². The first-order valence-electron chi connectivity index (χ1n) is 13.8. The highest BCUT2D eigenvalue weighted by atomic mass is 19.1. The molecule has 13 heteroatoms. The Labute approximate surface area is 252 Å². The molecule has 3 aromatic carbocycles. The number of methoxy groups -OCH3 is 1. The third-order valence-electron chi connectivity index (χ3n) is 7.17. The van der Waals surface area contributed by atoms with E-state index in [2.05, 4.69) is 15.6 Å². The summed E-state index contributed by atoms with van der Waals surface area (Å²) in [5.74, 6) is -0.0291. The number of hydrogen-bond acceptors (Lipinski definition) is 7. The maximum atomic E-state index is 15.2. The second-order valence-electron chi connectivity index (χ2n) is 10.3. The Kier molecular flexibility index (Phi) is 9.03. The number of rotatable bonds is 11. The predicted molar refractivity (Wildman–Crippen MR) is 158 cm³/mol. The Morgan fingerprint density at radius 1 is 1.09 bits per heavy atom. The molecule has 0 saturated carbocycles. The standard InChI is InChI=1S/C31H31FN6O6/c1-20(39)33-15-27-19-37(31(42)44-27)24-9-12-28(29(32)13-24)23-7-3-21(4-8-23)16-36(30(40)41)18-25-14-34-35-38(25)17-22-5-10-26(43-2)11-6-22/h3-14,27H,15-19H2,1-2H3,(H,33,39)(H,40,41)/t27-/m0/s1. The number of anilines is 1. The molecule has 0 unspecified atom stereocenters. The predicted octanol–water partition coefficient (Wildman–Crippen LogP) is 4.28. The molecule has 2 N–H and O–H groups in total. The van der Waals surface area contributed by atoms with Gasteiger partial charge in [-0.25, -0.2) is 18.7 Å². The molecular formula is C31H31FN6O6. The van der Waals surface area contributed by atoms with Crippen LogP contribution < -0.4 is 15.0 Å². The summed E-state index contributed by atoms with van der Waals surface area (Å²) in [4.78, 5) is 38.1. The normalized spacial score (nSPS) is 14.3. The van der Waals surface area contributed by atoms with Gasteiger partial charge in [-0.1, -0.05) is 41.6 Å². The molecule has 0 radical (unpaired) electrons. The minimum atomic E-state index is -1.10. The quantitative estimate of drug-likeness (QED) is 0.259. The largest absolute Gasteiger partial charge is 0.497 e.